The van der Waals surface area contributed by atoms with Crippen molar-refractivity contribution in [3.05, 3.63) is 63.6 Å². The van der Waals surface area contributed by atoms with Gasteiger partial charge in [-0.25, -0.2) is 0 Å². The van der Waals surface area contributed by atoms with Crippen LogP contribution >= 0.6 is 23.2 Å². The lowest BCUT2D eigenvalue weighted by Gasteiger charge is -2.11. The average molecular weight is 338 g/mol. The highest BCUT2D eigenvalue weighted by Crippen LogP contribution is 2.26. The van der Waals surface area contributed by atoms with Gasteiger partial charge in [0.25, 0.3) is 5.91 Å². The van der Waals surface area contributed by atoms with Crippen molar-refractivity contribution < 1.29 is 9.53 Å². The first-order chi connectivity index (χ1) is 10.5. The average Bonchev–Trinajstić information content (AvgIpc) is 2.48. The van der Waals surface area contributed by atoms with Gasteiger partial charge in [0.05, 0.1) is 6.04 Å². The fraction of sp³-hybridized carbons (Fsp3) is 0.188. The van der Waals surface area contributed by atoms with E-state index in [9.17, 15) is 4.79 Å². The fourth-order valence-electron chi connectivity index (χ4n) is 1.89. The van der Waals surface area contributed by atoms with Crippen LogP contribution in [0.4, 0.5) is 0 Å². The third-order valence-electron chi connectivity index (χ3n) is 3.16. The van der Waals surface area contributed by atoms with E-state index in [-0.39, 0.29) is 6.61 Å². The Hall–Kier alpha value is -1.75. The normalized spacial score (nSPS) is 12.0. The Balaban J connectivity index is 1.98. The Morgan fingerprint density at radius 2 is 1.73 bits per heavy atom. The zero-order valence-electron chi connectivity index (χ0n) is 11.7. The predicted octanol–water partition coefficient (Wildman–Crippen LogP) is 3.25. The Bertz CT molecular complexity index is 639. The molecule has 0 bridgehead atoms. The van der Waals surface area contributed by atoms with E-state index in [1.54, 1.807) is 30.3 Å². The Labute approximate surface area is 139 Å². The topological polar surface area (TPSA) is 76.1 Å². The molecule has 0 aliphatic rings. The molecule has 0 saturated heterocycles. The van der Waals surface area contributed by atoms with Crippen molar-refractivity contribution >= 4 is 29.1 Å². The van der Waals surface area contributed by atoms with Crippen LogP contribution in [-0.4, -0.2) is 11.9 Å². The first-order valence-electron chi connectivity index (χ1n) is 6.63. The molecule has 2 aromatic carbocycles. The van der Waals surface area contributed by atoms with Gasteiger partial charge in [0.1, 0.15) is 12.4 Å². The number of hydrogen-bond acceptors (Lipinski definition) is 3. The summed E-state index contributed by atoms with van der Waals surface area (Å²) in [6.07, 6.45) is 0.332. The zero-order chi connectivity index (χ0) is 16.1. The summed E-state index contributed by atoms with van der Waals surface area (Å²) in [5.41, 5.74) is 14.1. The van der Waals surface area contributed by atoms with Crippen LogP contribution < -0.4 is 16.2 Å². The summed E-state index contributed by atoms with van der Waals surface area (Å²) in [5.74, 6) is -0.112. The summed E-state index contributed by atoms with van der Waals surface area (Å²) in [6, 6.07) is 11.7. The predicted molar refractivity (Wildman–Crippen MR) is 87.0 cm³/mol. The molecule has 4 nitrogen and oxygen atoms in total. The largest absolute Gasteiger partial charge is 0.489 e. The van der Waals surface area contributed by atoms with Crippen molar-refractivity contribution in [3.63, 3.8) is 0 Å². The second kappa shape index (κ2) is 7.49. The van der Waals surface area contributed by atoms with Gasteiger partial charge in [0.2, 0.25) is 0 Å². The number of carbonyl (C=O) groups excluding carboxylic acids is 1. The van der Waals surface area contributed by atoms with E-state index in [1.807, 2.05) is 12.1 Å². The van der Waals surface area contributed by atoms with Crippen LogP contribution in [-0.2, 0) is 17.8 Å². The lowest BCUT2D eigenvalue weighted by molar-refractivity contribution is -0.119. The molecule has 2 rings (SSSR count). The Morgan fingerprint density at radius 3 is 2.27 bits per heavy atom. The third kappa shape index (κ3) is 4.37. The van der Waals surface area contributed by atoms with E-state index in [2.05, 4.69) is 0 Å². The maximum atomic E-state index is 10.8. The molecule has 2 aromatic rings. The van der Waals surface area contributed by atoms with Gasteiger partial charge in [-0.1, -0.05) is 41.4 Å². The van der Waals surface area contributed by atoms with Crippen LogP contribution in [0.1, 0.15) is 11.1 Å². The number of hydrogen-bond donors (Lipinski definition) is 1. The van der Waals surface area contributed by atoms with E-state index >= 15 is 0 Å². The first-order valence-corrected chi connectivity index (χ1v) is 7.38. The summed E-state index contributed by atoms with van der Waals surface area (Å²) in [7, 11) is 0. The van der Waals surface area contributed by atoms with Crippen LogP contribution in [0.2, 0.25) is 10.0 Å². The molecule has 6 heteroatoms. The molecule has 22 heavy (non-hydrogen) atoms. The number of nitrogens with one attached hydrogen (secondary N) is 1. The minimum absolute atomic E-state index is 0.266. The van der Waals surface area contributed by atoms with Crippen molar-refractivity contribution in [2.75, 3.05) is 0 Å². The maximum absolute atomic E-state index is 10.8. The van der Waals surface area contributed by atoms with Crippen molar-refractivity contribution in [1.82, 2.24) is 5.73 Å². The van der Waals surface area contributed by atoms with Gasteiger partial charge >= 0.3 is 0 Å². The molecular formula is C16H15Cl2N2O2. The van der Waals surface area contributed by atoms with Crippen LogP contribution in [0.25, 0.3) is 0 Å². The molecule has 1 radical (unpaired) electrons. The number of benzene rings is 2. The summed E-state index contributed by atoms with van der Waals surface area (Å²) in [5, 5.41) is 1.12. The fourth-order valence-corrected chi connectivity index (χ4v) is 2.40. The van der Waals surface area contributed by atoms with E-state index in [1.165, 1.54) is 0 Å². The summed E-state index contributed by atoms with van der Waals surface area (Å²) in [4.78, 5) is 10.8. The van der Waals surface area contributed by atoms with E-state index in [4.69, 9.17) is 39.4 Å². The van der Waals surface area contributed by atoms with Crippen molar-refractivity contribution in [2.45, 2.75) is 19.1 Å². The maximum Gasteiger partial charge on any atom is 0.255 e. The zero-order valence-corrected chi connectivity index (χ0v) is 13.2. The van der Waals surface area contributed by atoms with E-state index in [0.29, 0.717) is 22.2 Å². The molecule has 1 amide bonds. The highest BCUT2D eigenvalue weighted by atomic mass is 35.5. The molecule has 0 heterocycles. The second-order valence-electron chi connectivity index (χ2n) is 4.81. The van der Waals surface area contributed by atoms with Crippen LogP contribution in [0.15, 0.2) is 42.5 Å². The Kier molecular flexibility index (Phi) is 5.66. The standard InChI is InChI=1S/C16H15Cl2N2O2/c17-13-2-1-3-14(18)12(13)9-22-11-6-4-10(5-7-11)8-15(19)16(20)21/h1-7,15,20H,8-9,19H2. The molecular weight excluding hydrogens is 323 g/mol. The van der Waals surface area contributed by atoms with Gasteiger partial charge in [-0.3, -0.25) is 10.5 Å². The molecule has 0 aromatic heterocycles. The van der Waals surface area contributed by atoms with Gasteiger partial charge in [-0.2, -0.15) is 0 Å². The molecule has 0 aliphatic carbocycles. The number of halogens is 2. The van der Waals surface area contributed by atoms with Crippen LogP contribution in [0.5, 0.6) is 5.75 Å². The first kappa shape index (κ1) is 16.6. The minimum Gasteiger partial charge on any atom is -0.489 e. The smallest absolute Gasteiger partial charge is 0.255 e. The third-order valence-corrected chi connectivity index (χ3v) is 3.87. The Morgan fingerprint density at radius 1 is 1.14 bits per heavy atom. The van der Waals surface area contributed by atoms with Gasteiger partial charge in [-0.15, -0.1) is 0 Å². The highest BCUT2D eigenvalue weighted by Gasteiger charge is 2.11. The van der Waals surface area contributed by atoms with Crippen LogP contribution in [0.3, 0.4) is 0 Å². The molecule has 0 spiro atoms. The highest BCUT2D eigenvalue weighted by molar-refractivity contribution is 6.35. The van der Waals surface area contributed by atoms with Crippen molar-refractivity contribution in [3.8, 4) is 5.75 Å². The molecule has 0 fully saturated rings. The molecule has 0 aliphatic heterocycles. The quantitative estimate of drug-likeness (QED) is 0.878. The van der Waals surface area contributed by atoms with E-state index in [0.717, 1.165) is 11.1 Å². The van der Waals surface area contributed by atoms with Crippen molar-refractivity contribution in [1.29, 1.82) is 0 Å². The van der Waals surface area contributed by atoms with Gasteiger partial charge in [0.15, 0.2) is 0 Å². The number of nitrogens with two attached hydrogens (primary N) is 1. The molecule has 3 N–H and O–H groups in total. The summed E-state index contributed by atoms with van der Waals surface area (Å²) in [6.45, 7) is 0.266. The monoisotopic (exact) mass is 337 g/mol. The van der Waals surface area contributed by atoms with E-state index < -0.39 is 11.9 Å². The van der Waals surface area contributed by atoms with Gasteiger partial charge in [0, 0.05) is 15.6 Å². The number of ether oxygens (including phenoxy) is 1. The lowest BCUT2D eigenvalue weighted by Crippen LogP contribution is -2.33. The summed E-state index contributed by atoms with van der Waals surface area (Å²) >= 11 is 12.2. The van der Waals surface area contributed by atoms with Gasteiger partial charge < -0.3 is 10.5 Å². The van der Waals surface area contributed by atoms with Crippen LogP contribution in [0, 0.1) is 0 Å². The second-order valence-corrected chi connectivity index (χ2v) is 5.62. The molecule has 115 valence electrons. The number of amides is 1. The lowest BCUT2D eigenvalue weighted by atomic mass is 10.1. The SMILES string of the molecule is [NH]C(=O)C(N)Cc1ccc(OCc2c(Cl)cccc2Cl)cc1. The molecule has 0 saturated carbocycles. The van der Waals surface area contributed by atoms with Gasteiger partial charge in [-0.05, 0) is 36.2 Å². The molecule has 1 unspecified atom stereocenters. The molecule has 1 atom stereocenters. The summed E-state index contributed by atoms with van der Waals surface area (Å²) < 4.78 is 5.66. The minimum atomic E-state index is -0.797. The number of rotatable bonds is 6. The van der Waals surface area contributed by atoms with Crippen molar-refractivity contribution in [2.24, 2.45) is 5.73 Å². The number of carbonyl (C=O) groups is 1.